The van der Waals surface area contributed by atoms with Crippen molar-refractivity contribution in [1.82, 2.24) is 9.97 Å². The van der Waals surface area contributed by atoms with Gasteiger partial charge in [0.2, 0.25) is 5.91 Å². The van der Waals surface area contributed by atoms with Crippen molar-refractivity contribution < 1.29 is 9.53 Å². The number of aromatic nitrogens is 2. The normalized spacial score (nSPS) is 16.3. The zero-order chi connectivity index (χ0) is 20.1. The molecule has 29 heavy (non-hydrogen) atoms. The highest BCUT2D eigenvalue weighted by atomic mass is 35.5. The first-order chi connectivity index (χ1) is 14.2. The number of nitrogens with one attached hydrogen (secondary N) is 1. The molecule has 2 heterocycles. The van der Waals surface area contributed by atoms with Crippen LogP contribution in [-0.2, 0) is 4.79 Å². The van der Waals surface area contributed by atoms with E-state index in [1.54, 1.807) is 36.7 Å². The molecule has 1 saturated heterocycles. The number of benzene rings is 2. The zero-order valence-corrected chi connectivity index (χ0v) is 16.5. The summed E-state index contributed by atoms with van der Waals surface area (Å²) in [6.07, 6.45) is 4.96. The largest absolute Gasteiger partial charge is 0.436 e. The van der Waals surface area contributed by atoms with Gasteiger partial charge < -0.3 is 15.0 Å². The van der Waals surface area contributed by atoms with Crippen molar-refractivity contribution >= 4 is 29.0 Å². The lowest BCUT2D eigenvalue weighted by atomic mass is 9.97. The van der Waals surface area contributed by atoms with Gasteiger partial charge in [-0.05, 0) is 49.2 Å². The first kappa shape index (κ1) is 19.2. The van der Waals surface area contributed by atoms with Crippen molar-refractivity contribution in [3.05, 3.63) is 72.0 Å². The van der Waals surface area contributed by atoms with E-state index < -0.39 is 0 Å². The number of piperidine rings is 1. The highest BCUT2D eigenvalue weighted by Gasteiger charge is 2.28. The van der Waals surface area contributed by atoms with Crippen molar-refractivity contribution in [2.24, 2.45) is 5.92 Å². The minimum Gasteiger partial charge on any atom is -0.436 e. The van der Waals surface area contributed by atoms with Crippen molar-refractivity contribution in [3.63, 3.8) is 0 Å². The average Bonchev–Trinajstić information content (AvgIpc) is 2.76. The summed E-state index contributed by atoms with van der Waals surface area (Å²) in [6, 6.07) is 16.6. The van der Waals surface area contributed by atoms with Crippen LogP contribution in [0.25, 0.3) is 0 Å². The summed E-state index contributed by atoms with van der Waals surface area (Å²) in [5, 5.41) is 3.61. The molecule has 4 rings (SSSR count). The number of halogens is 1. The molecule has 6 nitrogen and oxygen atoms in total. The fourth-order valence-electron chi connectivity index (χ4n) is 3.37. The first-order valence-corrected chi connectivity index (χ1v) is 9.92. The molecule has 7 heteroatoms. The van der Waals surface area contributed by atoms with Crippen LogP contribution >= 0.6 is 11.6 Å². The maximum atomic E-state index is 12.8. The first-order valence-electron chi connectivity index (χ1n) is 9.54. The quantitative estimate of drug-likeness (QED) is 0.658. The Balaban J connectivity index is 1.47. The van der Waals surface area contributed by atoms with Crippen LogP contribution in [0.3, 0.4) is 0 Å². The average molecular weight is 409 g/mol. The Morgan fingerprint density at radius 3 is 2.62 bits per heavy atom. The van der Waals surface area contributed by atoms with E-state index in [2.05, 4.69) is 20.2 Å². The Morgan fingerprint density at radius 2 is 1.83 bits per heavy atom. The van der Waals surface area contributed by atoms with Crippen molar-refractivity contribution in [1.29, 1.82) is 0 Å². The van der Waals surface area contributed by atoms with E-state index in [4.69, 9.17) is 16.3 Å². The van der Waals surface area contributed by atoms with Gasteiger partial charge in [-0.15, -0.1) is 0 Å². The van der Waals surface area contributed by atoms with Crippen molar-refractivity contribution in [2.45, 2.75) is 12.8 Å². The van der Waals surface area contributed by atoms with Crippen molar-refractivity contribution in [2.75, 3.05) is 23.3 Å². The number of anilines is 2. The molecule has 1 aliphatic rings. The third kappa shape index (κ3) is 4.84. The molecular formula is C22H21ClN4O2. The predicted molar refractivity (Wildman–Crippen MR) is 114 cm³/mol. The molecule has 1 fully saturated rings. The fraction of sp³-hybridized carbons (Fsp3) is 0.227. The van der Waals surface area contributed by atoms with Crippen molar-refractivity contribution in [3.8, 4) is 11.6 Å². The smallest absolute Gasteiger partial charge is 0.263 e. The second-order valence-electron chi connectivity index (χ2n) is 6.88. The van der Waals surface area contributed by atoms with Gasteiger partial charge in [0.15, 0.2) is 5.82 Å². The van der Waals surface area contributed by atoms with Crippen LogP contribution in [0.4, 0.5) is 11.5 Å². The van der Waals surface area contributed by atoms with Gasteiger partial charge >= 0.3 is 0 Å². The number of para-hydroxylation sites is 1. The van der Waals surface area contributed by atoms with Crippen LogP contribution in [0.15, 0.2) is 67.0 Å². The maximum absolute atomic E-state index is 12.8. The van der Waals surface area contributed by atoms with Crippen LogP contribution in [0.1, 0.15) is 12.8 Å². The van der Waals surface area contributed by atoms with E-state index in [0.29, 0.717) is 29.0 Å². The molecule has 1 aromatic heterocycles. The van der Waals surface area contributed by atoms with Gasteiger partial charge in [-0.2, -0.15) is 0 Å². The van der Waals surface area contributed by atoms with E-state index >= 15 is 0 Å². The highest BCUT2D eigenvalue weighted by molar-refractivity contribution is 6.30. The summed E-state index contributed by atoms with van der Waals surface area (Å²) >= 11 is 5.91. The van der Waals surface area contributed by atoms with Gasteiger partial charge in [0.25, 0.3) is 5.88 Å². The molecular weight excluding hydrogens is 388 g/mol. The minimum atomic E-state index is -0.147. The number of amides is 1. The zero-order valence-electron chi connectivity index (χ0n) is 15.8. The molecule has 1 N–H and O–H groups in total. The van der Waals surface area contributed by atoms with Crippen LogP contribution in [-0.4, -0.2) is 29.0 Å². The Hall–Kier alpha value is -3.12. The third-order valence-corrected chi connectivity index (χ3v) is 5.06. The summed E-state index contributed by atoms with van der Waals surface area (Å²) < 4.78 is 5.94. The van der Waals surface area contributed by atoms with Crippen LogP contribution in [0.5, 0.6) is 11.6 Å². The van der Waals surface area contributed by atoms with Gasteiger partial charge in [-0.25, -0.2) is 9.97 Å². The van der Waals surface area contributed by atoms with Gasteiger partial charge in [0.05, 0.1) is 5.92 Å². The molecule has 0 radical (unpaired) electrons. The van der Waals surface area contributed by atoms with Crippen LogP contribution in [0.2, 0.25) is 5.02 Å². The summed E-state index contributed by atoms with van der Waals surface area (Å²) in [4.78, 5) is 23.7. The molecule has 1 atom stereocenters. The SMILES string of the molecule is O=C(Nc1ccc(Cl)cc1)C1CCCN(c2nccnc2Oc2ccccc2)C1. The molecule has 0 spiro atoms. The van der Waals surface area contributed by atoms with Crippen LogP contribution < -0.4 is 15.0 Å². The molecule has 0 aliphatic carbocycles. The second kappa shape index (κ2) is 8.92. The molecule has 1 unspecified atom stereocenters. The lowest BCUT2D eigenvalue weighted by Gasteiger charge is -2.33. The van der Waals surface area contributed by atoms with Gasteiger partial charge in [-0.3, -0.25) is 4.79 Å². The molecule has 1 amide bonds. The second-order valence-corrected chi connectivity index (χ2v) is 7.32. The Labute approximate surface area is 174 Å². The Kier molecular flexibility index (Phi) is 5.91. The van der Waals surface area contributed by atoms with Crippen LogP contribution in [0, 0.1) is 5.92 Å². The number of hydrogen-bond donors (Lipinski definition) is 1. The van der Waals surface area contributed by atoms with E-state index in [-0.39, 0.29) is 11.8 Å². The summed E-state index contributed by atoms with van der Waals surface area (Å²) in [6.45, 7) is 1.36. The number of ether oxygens (including phenoxy) is 1. The maximum Gasteiger partial charge on any atom is 0.263 e. The van der Waals surface area contributed by atoms with Gasteiger partial charge in [0.1, 0.15) is 5.75 Å². The number of carbonyl (C=O) groups is 1. The molecule has 148 valence electrons. The molecule has 0 bridgehead atoms. The lowest BCUT2D eigenvalue weighted by molar-refractivity contribution is -0.120. The van der Waals surface area contributed by atoms with E-state index in [9.17, 15) is 4.79 Å². The lowest BCUT2D eigenvalue weighted by Crippen LogP contribution is -2.41. The fourth-order valence-corrected chi connectivity index (χ4v) is 3.49. The highest BCUT2D eigenvalue weighted by Crippen LogP contribution is 2.31. The number of carbonyl (C=O) groups excluding carboxylic acids is 1. The van der Waals surface area contributed by atoms with Gasteiger partial charge in [0, 0.05) is 36.2 Å². The van der Waals surface area contributed by atoms with Gasteiger partial charge in [-0.1, -0.05) is 29.8 Å². The van der Waals surface area contributed by atoms with E-state index in [1.165, 1.54) is 0 Å². The Morgan fingerprint density at radius 1 is 1.07 bits per heavy atom. The molecule has 1 aliphatic heterocycles. The number of hydrogen-bond acceptors (Lipinski definition) is 5. The molecule has 0 saturated carbocycles. The van der Waals surface area contributed by atoms with E-state index in [1.807, 2.05) is 30.3 Å². The number of nitrogens with zero attached hydrogens (tertiary/aromatic N) is 3. The molecule has 2 aromatic carbocycles. The number of rotatable bonds is 5. The molecule has 3 aromatic rings. The summed E-state index contributed by atoms with van der Waals surface area (Å²) in [5.74, 6) is 1.64. The summed E-state index contributed by atoms with van der Waals surface area (Å²) in [5.41, 5.74) is 0.740. The predicted octanol–water partition coefficient (Wildman–Crippen LogP) is 4.78. The summed E-state index contributed by atoms with van der Waals surface area (Å²) in [7, 11) is 0. The Bertz CT molecular complexity index is 966. The third-order valence-electron chi connectivity index (χ3n) is 4.81. The standard InChI is InChI=1S/C22H21ClN4O2/c23-17-8-10-18(11-9-17)26-21(28)16-5-4-14-27(15-16)20-22(25-13-12-24-20)29-19-6-2-1-3-7-19/h1-3,6-13,16H,4-5,14-15H2,(H,26,28). The topological polar surface area (TPSA) is 67.4 Å². The minimum absolute atomic E-state index is 0.00793. The monoisotopic (exact) mass is 408 g/mol. The van der Waals surface area contributed by atoms with E-state index in [0.717, 1.165) is 25.1 Å².